The van der Waals surface area contributed by atoms with E-state index in [0.717, 1.165) is 19.3 Å². The third kappa shape index (κ3) is 5.52. The summed E-state index contributed by atoms with van der Waals surface area (Å²) in [5.41, 5.74) is -1.22. The van der Waals surface area contributed by atoms with E-state index in [9.17, 15) is 24.3 Å². The van der Waals surface area contributed by atoms with E-state index in [1.165, 1.54) is 0 Å². The van der Waals surface area contributed by atoms with E-state index in [1.54, 1.807) is 22.8 Å². The first kappa shape index (κ1) is 28.3. The average molecular weight is 532 g/mol. The Hall–Kier alpha value is -2.72. The predicted octanol–water partition coefficient (Wildman–Crippen LogP) is 1.33. The van der Waals surface area contributed by atoms with Crippen molar-refractivity contribution < 1.29 is 33.8 Å². The van der Waals surface area contributed by atoms with Crippen LogP contribution in [0.2, 0.25) is 0 Å². The molecule has 2 saturated heterocycles. The fourth-order valence-electron chi connectivity index (χ4n) is 6.04. The number of carbonyl (C=O) groups is 4. The summed E-state index contributed by atoms with van der Waals surface area (Å²) in [5, 5.41) is 12.0. The number of carbonyl (C=O) groups excluding carboxylic acids is 4. The molecule has 3 amide bonds. The summed E-state index contributed by atoms with van der Waals surface area (Å²) in [4.78, 5) is 57.1. The molecule has 0 aromatic rings. The van der Waals surface area contributed by atoms with Crippen LogP contribution in [-0.4, -0.2) is 95.2 Å². The van der Waals surface area contributed by atoms with Gasteiger partial charge >= 0.3 is 5.97 Å². The minimum absolute atomic E-state index is 0.0695. The minimum Gasteiger partial charge on any atom is -0.460 e. The molecule has 0 aliphatic carbocycles. The number of aliphatic hydroxyl groups excluding tert-OH is 1. The summed E-state index contributed by atoms with van der Waals surface area (Å²) in [5.74, 6) is -2.87. The summed E-state index contributed by atoms with van der Waals surface area (Å²) >= 11 is 0. The highest BCUT2D eigenvalue weighted by Gasteiger charge is 2.73. The molecule has 0 aromatic heterocycles. The number of unbranched alkanes of at least 4 members (excludes halogenated alkanes) is 3. The number of likely N-dealkylation sites (tertiary alicyclic amines) is 1. The second-order valence-electron chi connectivity index (χ2n) is 10.7. The van der Waals surface area contributed by atoms with Gasteiger partial charge in [-0.2, -0.15) is 0 Å². The van der Waals surface area contributed by atoms with Gasteiger partial charge in [-0.1, -0.05) is 37.6 Å². The largest absolute Gasteiger partial charge is 0.460 e. The van der Waals surface area contributed by atoms with Crippen molar-refractivity contribution in [2.75, 3.05) is 32.8 Å². The van der Waals surface area contributed by atoms with Gasteiger partial charge in [-0.15, -0.1) is 0 Å². The van der Waals surface area contributed by atoms with Gasteiger partial charge in [0.2, 0.25) is 17.7 Å². The van der Waals surface area contributed by atoms with E-state index in [4.69, 9.17) is 9.47 Å². The second-order valence-corrected chi connectivity index (χ2v) is 10.7. The van der Waals surface area contributed by atoms with E-state index < -0.39 is 41.7 Å². The van der Waals surface area contributed by atoms with Crippen molar-refractivity contribution >= 4 is 23.7 Å². The molecule has 4 aliphatic rings. The van der Waals surface area contributed by atoms with Crippen LogP contribution in [0, 0.1) is 11.8 Å². The molecule has 10 heteroatoms. The first-order valence-corrected chi connectivity index (χ1v) is 14.0. The van der Waals surface area contributed by atoms with E-state index in [0.29, 0.717) is 45.3 Å². The molecule has 0 saturated carbocycles. The van der Waals surface area contributed by atoms with Crippen LogP contribution in [0.25, 0.3) is 0 Å². The normalized spacial score (nSPS) is 34.4. The number of esters is 1. The zero-order valence-corrected chi connectivity index (χ0v) is 22.5. The number of nitrogens with one attached hydrogen (secondary N) is 1. The molecule has 4 aliphatic heterocycles. The van der Waals surface area contributed by atoms with Crippen LogP contribution in [0.3, 0.4) is 0 Å². The lowest BCUT2D eigenvalue weighted by atomic mass is 9.74. The van der Waals surface area contributed by atoms with Gasteiger partial charge in [0.1, 0.15) is 23.7 Å². The van der Waals surface area contributed by atoms with Crippen molar-refractivity contribution in [3.8, 4) is 0 Å². The molecule has 6 atom stereocenters. The Morgan fingerprint density at radius 2 is 1.89 bits per heavy atom. The number of amides is 3. The SMILES string of the molecule is CCCCN1C/C=C\CCC(=O)NC[C@@H](C)OC(=O)[C@@H]2[C@@H]3C=C[C@]4(O3)[C@H](C1=O)N(CCCCCO)C(=O)[C@@H]24. The fourth-order valence-corrected chi connectivity index (χ4v) is 6.04. The van der Waals surface area contributed by atoms with Crippen molar-refractivity contribution in [2.24, 2.45) is 11.8 Å². The van der Waals surface area contributed by atoms with Gasteiger partial charge in [0.25, 0.3) is 0 Å². The standard InChI is InChI=1S/C28H41N3O7/c1-3-4-14-30-15-8-5-7-11-21(33)29-18-19(2)37-27(36)22-20-12-13-28(38-20)23(22)25(34)31(24(28)26(30)35)16-9-6-10-17-32/h5,8,12-13,19-20,22-24,32H,3-4,6-7,9-11,14-18H2,1-2H3,(H,29,33)/b8-5-/t19-,20+,22-,23-,24+,28-/m1/s1. The number of allylic oxidation sites excluding steroid dienone is 1. The Morgan fingerprint density at radius 1 is 1.08 bits per heavy atom. The van der Waals surface area contributed by atoms with E-state index in [2.05, 4.69) is 12.2 Å². The predicted molar refractivity (Wildman–Crippen MR) is 139 cm³/mol. The number of ether oxygens (including phenoxy) is 2. The highest BCUT2D eigenvalue weighted by molar-refractivity contribution is 5.99. The molecule has 4 rings (SSSR count). The van der Waals surface area contributed by atoms with Crippen LogP contribution in [0.5, 0.6) is 0 Å². The summed E-state index contributed by atoms with van der Waals surface area (Å²) in [7, 11) is 0. The van der Waals surface area contributed by atoms with E-state index in [-0.39, 0.29) is 30.9 Å². The van der Waals surface area contributed by atoms with Crippen molar-refractivity contribution in [2.45, 2.75) is 82.6 Å². The Bertz CT molecular complexity index is 966. The van der Waals surface area contributed by atoms with Crippen molar-refractivity contribution in [1.82, 2.24) is 15.1 Å². The summed E-state index contributed by atoms with van der Waals surface area (Å²) in [6.07, 6.45) is 10.7. The number of aliphatic hydroxyl groups is 1. The highest BCUT2D eigenvalue weighted by atomic mass is 16.6. The molecule has 1 spiro atoms. The fraction of sp³-hybridized carbons (Fsp3) is 0.714. The number of hydrogen-bond donors (Lipinski definition) is 2. The molecule has 0 aromatic carbocycles. The Kier molecular flexibility index (Phi) is 9.25. The molecular weight excluding hydrogens is 490 g/mol. The number of cyclic esters (lactones) is 1. The second kappa shape index (κ2) is 12.4. The molecule has 2 fully saturated rings. The van der Waals surface area contributed by atoms with Crippen LogP contribution in [-0.2, 0) is 28.7 Å². The lowest BCUT2D eigenvalue weighted by Crippen LogP contribution is -2.56. The average Bonchev–Trinajstić information content (AvgIpc) is 3.53. The third-order valence-electron chi connectivity index (χ3n) is 7.96. The maximum atomic E-state index is 14.2. The number of hydrogen-bond acceptors (Lipinski definition) is 7. The van der Waals surface area contributed by atoms with Crippen molar-refractivity contribution in [3.05, 3.63) is 24.3 Å². The van der Waals surface area contributed by atoms with Crippen LogP contribution < -0.4 is 5.32 Å². The van der Waals surface area contributed by atoms with Gasteiger partial charge in [0.15, 0.2) is 0 Å². The van der Waals surface area contributed by atoms with Gasteiger partial charge in [-0.3, -0.25) is 19.2 Å². The minimum atomic E-state index is -1.22. The first-order chi connectivity index (χ1) is 18.3. The first-order valence-electron chi connectivity index (χ1n) is 14.0. The molecular formula is C28H41N3O7. The summed E-state index contributed by atoms with van der Waals surface area (Å²) < 4.78 is 12.1. The molecule has 38 heavy (non-hydrogen) atoms. The number of nitrogens with zero attached hydrogens (tertiary/aromatic N) is 2. The zero-order chi connectivity index (χ0) is 27.3. The van der Waals surface area contributed by atoms with Crippen LogP contribution in [0.4, 0.5) is 0 Å². The van der Waals surface area contributed by atoms with Gasteiger partial charge in [0, 0.05) is 32.7 Å². The molecule has 0 radical (unpaired) electrons. The Balaban J connectivity index is 1.70. The molecule has 2 N–H and O–H groups in total. The van der Waals surface area contributed by atoms with Crippen molar-refractivity contribution in [1.29, 1.82) is 0 Å². The highest BCUT2D eigenvalue weighted by Crippen LogP contribution is 2.55. The number of fused-ring (bicyclic) bond motifs is 2. The van der Waals surface area contributed by atoms with E-state index >= 15 is 0 Å². The molecule has 5 bridgehead atoms. The van der Waals surface area contributed by atoms with Crippen LogP contribution in [0.15, 0.2) is 24.3 Å². The Labute approximate surface area is 224 Å². The third-order valence-corrected chi connectivity index (χ3v) is 7.96. The molecule has 4 heterocycles. The van der Waals surface area contributed by atoms with Crippen molar-refractivity contribution in [3.63, 3.8) is 0 Å². The Morgan fingerprint density at radius 3 is 2.66 bits per heavy atom. The monoisotopic (exact) mass is 531 g/mol. The quantitative estimate of drug-likeness (QED) is 0.275. The number of rotatable bonds is 8. The lowest BCUT2D eigenvalue weighted by Gasteiger charge is -2.36. The van der Waals surface area contributed by atoms with Gasteiger partial charge < -0.3 is 29.7 Å². The topological polar surface area (TPSA) is 125 Å². The molecule has 0 unspecified atom stereocenters. The smallest absolute Gasteiger partial charge is 0.313 e. The molecule has 210 valence electrons. The maximum Gasteiger partial charge on any atom is 0.313 e. The van der Waals surface area contributed by atoms with Gasteiger partial charge in [-0.05, 0) is 39.0 Å². The maximum absolute atomic E-state index is 14.2. The van der Waals surface area contributed by atoms with Gasteiger partial charge in [0.05, 0.1) is 18.6 Å². The summed E-state index contributed by atoms with van der Waals surface area (Å²) in [6.45, 7) is 5.24. The van der Waals surface area contributed by atoms with Crippen LogP contribution >= 0.6 is 0 Å². The van der Waals surface area contributed by atoms with Crippen LogP contribution in [0.1, 0.15) is 58.8 Å². The zero-order valence-electron chi connectivity index (χ0n) is 22.5. The summed E-state index contributed by atoms with van der Waals surface area (Å²) in [6, 6.07) is -0.880. The van der Waals surface area contributed by atoms with Gasteiger partial charge in [-0.25, -0.2) is 0 Å². The van der Waals surface area contributed by atoms with E-state index in [1.807, 2.05) is 18.2 Å². The molecule has 10 nitrogen and oxygen atoms in total. The lowest BCUT2D eigenvalue weighted by molar-refractivity contribution is -0.158.